The van der Waals surface area contributed by atoms with Crippen LogP contribution in [0.15, 0.2) is 34.6 Å². The predicted octanol–water partition coefficient (Wildman–Crippen LogP) is 4.17. The summed E-state index contributed by atoms with van der Waals surface area (Å²) < 4.78 is 0. The normalized spacial score (nSPS) is 18.8. The zero-order valence-electron chi connectivity index (χ0n) is 16.7. The molecule has 0 radical (unpaired) electrons. The number of nitrogens with zero attached hydrogens (tertiary/aromatic N) is 3. The summed E-state index contributed by atoms with van der Waals surface area (Å²) in [6.07, 6.45) is 1.16. The van der Waals surface area contributed by atoms with Gasteiger partial charge in [0.1, 0.15) is 0 Å². The second kappa shape index (κ2) is 9.73. The summed E-state index contributed by atoms with van der Waals surface area (Å²) in [6.45, 7) is 5.15. The van der Waals surface area contributed by atoms with Gasteiger partial charge in [0.15, 0.2) is 11.1 Å². The Kier molecular flexibility index (Phi) is 7.91. The van der Waals surface area contributed by atoms with E-state index in [1.165, 1.54) is 11.1 Å². The molecule has 5 nitrogen and oxygen atoms in total. The lowest BCUT2D eigenvalue weighted by atomic mass is 10.0. The van der Waals surface area contributed by atoms with Crippen LogP contribution in [0.5, 0.6) is 0 Å². The van der Waals surface area contributed by atoms with Crippen LogP contribution in [0.4, 0.5) is 5.13 Å². The monoisotopic (exact) mass is 499 g/mol. The van der Waals surface area contributed by atoms with E-state index in [1.807, 2.05) is 26.0 Å². The van der Waals surface area contributed by atoms with Crippen LogP contribution in [0.2, 0.25) is 0 Å². The Hall–Kier alpha value is -1.35. The van der Waals surface area contributed by atoms with Gasteiger partial charge in [-0.1, -0.05) is 38.1 Å². The number of halogens is 1. The topological polar surface area (TPSA) is 52.6 Å². The Morgan fingerprint density at radius 3 is 2.56 bits per heavy atom. The fraction of sp³-hybridized carbons (Fsp3) is 0.500. The minimum absolute atomic E-state index is 0. The molecule has 1 aliphatic carbocycles. The van der Waals surface area contributed by atoms with E-state index in [0.717, 1.165) is 23.2 Å². The van der Waals surface area contributed by atoms with Gasteiger partial charge in [-0.2, -0.15) is 0 Å². The highest BCUT2D eigenvalue weighted by Crippen LogP contribution is 2.41. The van der Waals surface area contributed by atoms with Gasteiger partial charge in [0.05, 0.1) is 12.2 Å². The van der Waals surface area contributed by atoms with Crippen molar-refractivity contribution in [2.75, 3.05) is 26.0 Å². The van der Waals surface area contributed by atoms with Gasteiger partial charge >= 0.3 is 0 Å². The quantitative estimate of drug-likeness (QED) is 0.356. The molecule has 1 saturated carbocycles. The van der Waals surface area contributed by atoms with Gasteiger partial charge in [0.25, 0.3) is 0 Å². The number of rotatable bonds is 6. The van der Waals surface area contributed by atoms with Crippen molar-refractivity contribution in [3.8, 4) is 0 Å². The van der Waals surface area contributed by atoms with Crippen LogP contribution in [-0.4, -0.2) is 38.1 Å². The van der Waals surface area contributed by atoms with Crippen molar-refractivity contribution in [3.05, 3.63) is 46.5 Å². The molecule has 1 heterocycles. The SMILES string of the molecule is CN=C(NCc1csc(N(C)C)n1)NC1CC1c1ccc(C(C)C)cc1.I. The largest absolute Gasteiger partial charge is 0.354 e. The molecular weight excluding hydrogens is 469 g/mol. The average Bonchev–Trinajstić information content (AvgIpc) is 3.22. The first kappa shape index (κ1) is 21.9. The number of aromatic nitrogens is 1. The molecular formula is C20H30IN5S. The summed E-state index contributed by atoms with van der Waals surface area (Å²) in [5.41, 5.74) is 3.85. The van der Waals surface area contributed by atoms with E-state index >= 15 is 0 Å². The summed E-state index contributed by atoms with van der Waals surface area (Å²) >= 11 is 1.66. The first-order chi connectivity index (χ1) is 12.5. The molecule has 2 aromatic rings. The highest BCUT2D eigenvalue weighted by Gasteiger charge is 2.38. The van der Waals surface area contributed by atoms with Gasteiger partial charge < -0.3 is 15.5 Å². The van der Waals surface area contributed by atoms with Crippen molar-refractivity contribution < 1.29 is 0 Å². The smallest absolute Gasteiger partial charge is 0.191 e. The second-order valence-electron chi connectivity index (χ2n) is 7.36. The minimum Gasteiger partial charge on any atom is -0.354 e. The summed E-state index contributed by atoms with van der Waals surface area (Å²) in [4.78, 5) is 11.0. The average molecular weight is 499 g/mol. The molecule has 0 amide bonds. The maximum atomic E-state index is 4.59. The van der Waals surface area contributed by atoms with Crippen molar-refractivity contribution in [1.82, 2.24) is 15.6 Å². The predicted molar refractivity (Wildman–Crippen MR) is 127 cm³/mol. The molecule has 148 valence electrons. The van der Waals surface area contributed by atoms with Crippen molar-refractivity contribution >= 4 is 46.4 Å². The maximum absolute atomic E-state index is 4.59. The summed E-state index contributed by atoms with van der Waals surface area (Å²) in [5, 5.41) is 10.0. The fourth-order valence-electron chi connectivity index (χ4n) is 2.98. The first-order valence-corrected chi connectivity index (χ1v) is 10.0. The lowest BCUT2D eigenvalue weighted by molar-refractivity contribution is 0.780. The zero-order chi connectivity index (χ0) is 18.7. The number of nitrogens with one attached hydrogen (secondary N) is 2. The molecule has 0 spiro atoms. The number of hydrogen-bond donors (Lipinski definition) is 2. The van der Waals surface area contributed by atoms with Crippen LogP contribution in [0.3, 0.4) is 0 Å². The van der Waals surface area contributed by atoms with Crippen LogP contribution in [-0.2, 0) is 6.54 Å². The molecule has 1 aromatic heterocycles. The van der Waals surface area contributed by atoms with Gasteiger partial charge in [0.2, 0.25) is 0 Å². The highest BCUT2D eigenvalue weighted by molar-refractivity contribution is 14.0. The Morgan fingerprint density at radius 2 is 2.00 bits per heavy atom. The number of guanidine groups is 1. The Balaban J connectivity index is 0.00000261. The van der Waals surface area contributed by atoms with E-state index < -0.39 is 0 Å². The third kappa shape index (κ3) is 5.81. The van der Waals surface area contributed by atoms with Crippen molar-refractivity contribution in [3.63, 3.8) is 0 Å². The lowest BCUT2D eigenvalue weighted by Crippen LogP contribution is -2.38. The van der Waals surface area contributed by atoms with Crippen LogP contribution in [0, 0.1) is 0 Å². The van der Waals surface area contributed by atoms with Crippen LogP contribution in [0.25, 0.3) is 0 Å². The molecule has 2 N–H and O–H groups in total. The molecule has 2 unspecified atom stereocenters. The molecule has 2 atom stereocenters. The number of benzene rings is 1. The highest BCUT2D eigenvalue weighted by atomic mass is 127. The standard InChI is InChI=1S/C20H29N5S.HI/c1-13(2)14-6-8-15(9-7-14)17-10-18(17)24-19(21-3)22-11-16-12-26-20(23-16)25(4)5;/h6-9,12-13,17-18H,10-11H2,1-5H3,(H2,21,22,24);1H. The van der Waals surface area contributed by atoms with E-state index in [4.69, 9.17) is 0 Å². The number of thiazole rings is 1. The van der Waals surface area contributed by atoms with Crippen molar-refractivity contribution in [2.24, 2.45) is 4.99 Å². The second-order valence-corrected chi connectivity index (χ2v) is 8.19. The van der Waals surface area contributed by atoms with E-state index in [1.54, 1.807) is 11.3 Å². The van der Waals surface area contributed by atoms with E-state index in [9.17, 15) is 0 Å². The van der Waals surface area contributed by atoms with Gasteiger partial charge in [-0.25, -0.2) is 4.98 Å². The Morgan fingerprint density at radius 1 is 1.30 bits per heavy atom. The molecule has 1 fully saturated rings. The molecule has 1 aromatic carbocycles. The van der Waals surface area contributed by atoms with E-state index in [-0.39, 0.29) is 24.0 Å². The van der Waals surface area contributed by atoms with Gasteiger partial charge in [0, 0.05) is 38.5 Å². The number of anilines is 1. The van der Waals surface area contributed by atoms with Gasteiger partial charge in [-0.3, -0.25) is 4.99 Å². The minimum atomic E-state index is 0. The number of aliphatic imine (C=N–C) groups is 1. The molecule has 1 aliphatic rings. The third-order valence-electron chi connectivity index (χ3n) is 4.73. The molecule has 0 bridgehead atoms. The number of hydrogen-bond acceptors (Lipinski definition) is 4. The fourth-order valence-corrected chi connectivity index (χ4v) is 3.74. The Labute approximate surface area is 183 Å². The first-order valence-electron chi connectivity index (χ1n) is 9.16. The van der Waals surface area contributed by atoms with Gasteiger partial charge in [-0.15, -0.1) is 35.3 Å². The lowest BCUT2D eigenvalue weighted by Gasteiger charge is -2.11. The van der Waals surface area contributed by atoms with Crippen molar-refractivity contribution in [1.29, 1.82) is 0 Å². The van der Waals surface area contributed by atoms with Crippen LogP contribution >= 0.6 is 35.3 Å². The summed E-state index contributed by atoms with van der Waals surface area (Å²) in [7, 11) is 5.84. The molecule has 0 aliphatic heterocycles. The third-order valence-corrected chi connectivity index (χ3v) is 5.78. The molecule has 7 heteroatoms. The van der Waals surface area contributed by atoms with Crippen LogP contribution in [0.1, 0.15) is 48.9 Å². The maximum Gasteiger partial charge on any atom is 0.191 e. The van der Waals surface area contributed by atoms with Gasteiger partial charge in [-0.05, 0) is 23.5 Å². The van der Waals surface area contributed by atoms with Crippen molar-refractivity contribution in [2.45, 2.75) is 44.7 Å². The molecule has 0 saturated heterocycles. The van der Waals surface area contributed by atoms with Crippen LogP contribution < -0.4 is 15.5 Å². The zero-order valence-corrected chi connectivity index (χ0v) is 19.8. The summed E-state index contributed by atoms with van der Waals surface area (Å²) in [5.74, 6) is 2.00. The molecule has 27 heavy (non-hydrogen) atoms. The summed E-state index contributed by atoms with van der Waals surface area (Å²) in [6, 6.07) is 9.52. The van der Waals surface area contributed by atoms with E-state index in [0.29, 0.717) is 24.4 Å². The molecule has 3 rings (SSSR count). The van der Waals surface area contributed by atoms with E-state index in [2.05, 4.69) is 64.1 Å². The Bertz CT molecular complexity index is 754.